The van der Waals surface area contributed by atoms with Gasteiger partial charge in [-0.2, -0.15) is 0 Å². The largest absolute Gasteiger partial charge is 0.296 e. The molecule has 1 heterocycles. The molecule has 0 spiro atoms. The highest BCUT2D eigenvalue weighted by Gasteiger charge is 2.23. The number of carbonyl (C=O) groups excluding carboxylic acids is 1. The standard InChI is InChI=1S/C11H7F2NO3S/c12-8-3-4-11(10(13)6-8)18(16,17)14-5-1-2-9(14)7-15/h1-7H. The minimum absolute atomic E-state index is 0.140. The Morgan fingerprint density at radius 2 is 1.89 bits per heavy atom. The van der Waals surface area contributed by atoms with Gasteiger partial charge in [-0.05, 0) is 24.3 Å². The van der Waals surface area contributed by atoms with Crippen LogP contribution in [0, 0.1) is 11.6 Å². The summed E-state index contributed by atoms with van der Waals surface area (Å²) in [7, 11) is -4.24. The van der Waals surface area contributed by atoms with Gasteiger partial charge in [0.25, 0.3) is 10.0 Å². The number of aldehydes is 1. The van der Waals surface area contributed by atoms with Crippen molar-refractivity contribution in [1.29, 1.82) is 0 Å². The van der Waals surface area contributed by atoms with Crippen LogP contribution in [0.3, 0.4) is 0 Å². The van der Waals surface area contributed by atoms with Gasteiger partial charge >= 0.3 is 0 Å². The van der Waals surface area contributed by atoms with E-state index in [2.05, 4.69) is 0 Å². The molecule has 94 valence electrons. The van der Waals surface area contributed by atoms with Crippen molar-refractivity contribution in [3.8, 4) is 0 Å². The van der Waals surface area contributed by atoms with Gasteiger partial charge in [0.1, 0.15) is 16.5 Å². The zero-order valence-corrected chi connectivity index (χ0v) is 9.69. The molecule has 4 nitrogen and oxygen atoms in total. The lowest BCUT2D eigenvalue weighted by atomic mass is 10.3. The molecule has 0 atom stereocenters. The second kappa shape index (κ2) is 4.34. The number of hydrogen-bond acceptors (Lipinski definition) is 3. The molecule has 0 aliphatic carbocycles. The van der Waals surface area contributed by atoms with Crippen LogP contribution in [-0.2, 0) is 10.0 Å². The van der Waals surface area contributed by atoms with E-state index in [4.69, 9.17) is 0 Å². The van der Waals surface area contributed by atoms with Gasteiger partial charge in [0.2, 0.25) is 0 Å². The van der Waals surface area contributed by atoms with Crippen molar-refractivity contribution in [3.05, 3.63) is 53.9 Å². The number of halogens is 2. The summed E-state index contributed by atoms with van der Waals surface area (Å²) < 4.78 is 50.9. The summed E-state index contributed by atoms with van der Waals surface area (Å²) in [6, 6.07) is 4.72. The Balaban J connectivity index is 2.65. The maximum atomic E-state index is 13.5. The average Bonchev–Trinajstić information content (AvgIpc) is 2.76. The van der Waals surface area contributed by atoms with Gasteiger partial charge in [-0.25, -0.2) is 21.2 Å². The zero-order chi connectivity index (χ0) is 13.3. The third-order valence-corrected chi connectivity index (χ3v) is 4.03. The average molecular weight is 271 g/mol. The summed E-state index contributed by atoms with van der Waals surface area (Å²) >= 11 is 0. The van der Waals surface area contributed by atoms with Gasteiger partial charge in [-0.15, -0.1) is 0 Å². The first-order valence-corrected chi connectivity index (χ1v) is 6.24. The molecule has 0 saturated carbocycles. The van der Waals surface area contributed by atoms with Crippen molar-refractivity contribution < 1.29 is 22.0 Å². The monoisotopic (exact) mass is 271 g/mol. The predicted molar refractivity (Wildman–Crippen MR) is 58.8 cm³/mol. The van der Waals surface area contributed by atoms with E-state index in [0.29, 0.717) is 16.3 Å². The van der Waals surface area contributed by atoms with Gasteiger partial charge < -0.3 is 0 Å². The molecule has 0 N–H and O–H groups in total. The molecule has 0 radical (unpaired) electrons. The Morgan fingerprint density at radius 3 is 2.50 bits per heavy atom. The van der Waals surface area contributed by atoms with Gasteiger partial charge in [-0.3, -0.25) is 4.79 Å². The van der Waals surface area contributed by atoms with Crippen LogP contribution in [0.1, 0.15) is 10.5 Å². The molecule has 2 rings (SSSR count). The normalized spacial score (nSPS) is 11.4. The highest BCUT2D eigenvalue weighted by molar-refractivity contribution is 7.90. The van der Waals surface area contributed by atoms with Crippen LogP contribution in [0.25, 0.3) is 0 Å². The fraction of sp³-hybridized carbons (Fsp3) is 0. The second-order valence-electron chi connectivity index (χ2n) is 3.43. The fourth-order valence-corrected chi connectivity index (χ4v) is 2.85. The molecular formula is C11H7F2NO3S. The van der Waals surface area contributed by atoms with E-state index in [-0.39, 0.29) is 5.69 Å². The van der Waals surface area contributed by atoms with E-state index in [1.165, 1.54) is 12.1 Å². The van der Waals surface area contributed by atoms with E-state index in [1.54, 1.807) is 0 Å². The third kappa shape index (κ3) is 1.92. The van der Waals surface area contributed by atoms with E-state index in [9.17, 15) is 22.0 Å². The maximum Gasteiger partial charge on any atom is 0.271 e. The van der Waals surface area contributed by atoms with Gasteiger partial charge in [0, 0.05) is 12.3 Å². The number of carbonyl (C=O) groups is 1. The Labute approximate surface area is 102 Å². The van der Waals surface area contributed by atoms with E-state index >= 15 is 0 Å². The maximum absolute atomic E-state index is 13.5. The molecule has 0 aliphatic heterocycles. The van der Waals surface area contributed by atoms with Gasteiger partial charge in [0.15, 0.2) is 6.29 Å². The Hall–Kier alpha value is -2.02. The zero-order valence-electron chi connectivity index (χ0n) is 8.88. The van der Waals surface area contributed by atoms with E-state index in [0.717, 1.165) is 18.3 Å². The van der Waals surface area contributed by atoms with Gasteiger partial charge in [-0.1, -0.05) is 0 Å². The Kier molecular flexibility index (Phi) is 3.00. The molecule has 1 aromatic carbocycles. The molecule has 18 heavy (non-hydrogen) atoms. The van der Waals surface area contributed by atoms with Crippen LogP contribution in [0.15, 0.2) is 41.4 Å². The minimum atomic E-state index is -4.24. The van der Waals surface area contributed by atoms with Crippen molar-refractivity contribution >= 4 is 16.3 Å². The molecule has 0 amide bonds. The summed E-state index contributed by atoms with van der Waals surface area (Å²) in [5.41, 5.74) is -0.140. The van der Waals surface area contributed by atoms with Crippen LogP contribution in [0.4, 0.5) is 8.78 Å². The predicted octanol–water partition coefficient (Wildman–Crippen LogP) is 1.82. The van der Waals surface area contributed by atoms with E-state index < -0.39 is 26.6 Å². The lowest BCUT2D eigenvalue weighted by Gasteiger charge is -2.08. The second-order valence-corrected chi connectivity index (χ2v) is 5.21. The summed E-state index contributed by atoms with van der Waals surface area (Å²) in [5, 5.41) is 0. The number of rotatable bonds is 3. The Bertz CT molecular complexity index is 707. The van der Waals surface area contributed by atoms with Crippen molar-refractivity contribution in [1.82, 2.24) is 3.97 Å². The van der Waals surface area contributed by atoms with Crippen LogP contribution in [0.5, 0.6) is 0 Å². The van der Waals surface area contributed by atoms with Crippen LogP contribution < -0.4 is 0 Å². The first-order valence-electron chi connectivity index (χ1n) is 4.80. The molecule has 0 unspecified atom stereocenters. The van der Waals surface area contributed by atoms with Crippen molar-refractivity contribution in [2.45, 2.75) is 4.90 Å². The lowest BCUT2D eigenvalue weighted by molar-refractivity contribution is 0.111. The highest BCUT2D eigenvalue weighted by atomic mass is 32.2. The smallest absolute Gasteiger partial charge is 0.271 e. The molecule has 0 bridgehead atoms. The summed E-state index contributed by atoms with van der Waals surface area (Å²) in [5.74, 6) is -2.09. The topological polar surface area (TPSA) is 56.1 Å². The fourth-order valence-electron chi connectivity index (χ4n) is 1.48. The minimum Gasteiger partial charge on any atom is -0.296 e. The molecule has 0 fully saturated rings. The van der Waals surface area contributed by atoms with Crippen molar-refractivity contribution in [3.63, 3.8) is 0 Å². The number of nitrogens with zero attached hydrogens (tertiary/aromatic N) is 1. The van der Waals surface area contributed by atoms with Crippen LogP contribution in [-0.4, -0.2) is 18.7 Å². The lowest BCUT2D eigenvalue weighted by Crippen LogP contribution is -2.16. The first kappa shape index (κ1) is 12.4. The highest BCUT2D eigenvalue weighted by Crippen LogP contribution is 2.19. The van der Waals surface area contributed by atoms with Crippen LogP contribution >= 0.6 is 0 Å². The molecule has 1 aromatic heterocycles. The number of benzene rings is 1. The van der Waals surface area contributed by atoms with Crippen molar-refractivity contribution in [2.75, 3.05) is 0 Å². The molecule has 0 aliphatic rings. The third-order valence-electron chi connectivity index (χ3n) is 2.29. The summed E-state index contributed by atoms with van der Waals surface area (Å²) in [6.45, 7) is 0. The quantitative estimate of drug-likeness (QED) is 0.800. The van der Waals surface area contributed by atoms with Crippen molar-refractivity contribution in [2.24, 2.45) is 0 Å². The number of aromatic nitrogens is 1. The van der Waals surface area contributed by atoms with Crippen LogP contribution in [0.2, 0.25) is 0 Å². The van der Waals surface area contributed by atoms with Gasteiger partial charge in [0.05, 0.1) is 5.69 Å². The summed E-state index contributed by atoms with van der Waals surface area (Å²) in [4.78, 5) is 9.97. The molecule has 2 aromatic rings. The summed E-state index contributed by atoms with van der Waals surface area (Å²) in [6.07, 6.45) is 1.45. The first-order chi connectivity index (χ1) is 8.46. The number of hydrogen-bond donors (Lipinski definition) is 0. The molecule has 7 heteroatoms. The SMILES string of the molecule is O=Cc1cccn1S(=O)(=O)c1ccc(F)cc1F. The Morgan fingerprint density at radius 1 is 1.17 bits per heavy atom. The van der Waals surface area contributed by atoms with E-state index in [1.807, 2.05) is 0 Å². The molecule has 0 saturated heterocycles. The molecular weight excluding hydrogens is 264 g/mol.